The van der Waals surface area contributed by atoms with Crippen molar-refractivity contribution >= 4 is 16.3 Å². The molecule has 0 aliphatic heterocycles. The van der Waals surface area contributed by atoms with Crippen LogP contribution in [0.15, 0.2) is 12.2 Å². The highest BCUT2D eigenvalue weighted by atomic mass is 32.3. The lowest BCUT2D eigenvalue weighted by molar-refractivity contribution is -0.114. The van der Waals surface area contributed by atoms with Crippen molar-refractivity contribution in [3.63, 3.8) is 0 Å². The van der Waals surface area contributed by atoms with E-state index in [9.17, 15) is 13.2 Å². The van der Waals surface area contributed by atoms with Gasteiger partial charge in [-0.25, -0.2) is 0 Å². The standard InChI is InChI=1S/C5H9NO.C3H9N.CH4O4S/c1-3-4(2)5(6)7;1-4(2)3;1-5-6(2,3)4/h2-3H2,1H3,(H2,6,7);1-3H3;1H3,(H,2,3,4). The second-order valence-corrected chi connectivity index (χ2v) is 4.45. The zero-order valence-corrected chi connectivity index (χ0v) is 11.7. The fourth-order valence-corrected chi connectivity index (χ4v) is 0.174. The topological polar surface area (TPSA) is 110 Å². The van der Waals surface area contributed by atoms with Crippen molar-refractivity contribution in [3.8, 4) is 0 Å². The van der Waals surface area contributed by atoms with Gasteiger partial charge in [-0.1, -0.05) is 13.5 Å². The first-order valence-electron chi connectivity index (χ1n) is 4.59. The minimum atomic E-state index is -4.16. The van der Waals surface area contributed by atoms with Gasteiger partial charge in [0.05, 0.1) is 7.11 Å². The minimum Gasteiger partial charge on any atom is -0.366 e. The van der Waals surface area contributed by atoms with Crippen LogP contribution in [-0.4, -0.2) is 52.0 Å². The van der Waals surface area contributed by atoms with Crippen LogP contribution < -0.4 is 5.73 Å². The summed E-state index contributed by atoms with van der Waals surface area (Å²) in [7, 11) is 2.71. The number of amides is 1. The van der Waals surface area contributed by atoms with Crippen molar-refractivity contribution < 1.29 is 21.9 Å². The molecule has 0 fully saturated rings. The molecule has 17 heavy (non-hydrogen) atoms. The van der Waals surface area contributed by atoms with Crippen LogP contribution in [-0.2, 0) is 19.4 Å². The second kappa shape index (κ2) is 11.5. The number of hydrogen-bond donors (Lipinski definition) is 2. The van der Waals surface area contributed by atoms with E-state index >= 15 is 0 Å². The van der Waals surface area contributed by atoms with Crippen molar-refractivity contribution in [3.05, 3.63) is 12.2 Å². The van der Waals surface area contributed by atoms with Gasteiger partial charge in [-0.2, -0.15) is 8.42 Å². The minimum absolute atomic E-state index is 0.400. The number of nitrogens with two attached hydrogens (primary N) is 1. The number of carbonyl (C=O) groups is 1. The lowest BCUT2D eigenvalue weighted by atomic mass is 10.2. The van der Waals surface area contributed by atoms with Gasteiger partial charge in [0.2, 0.25) is 5.91 Å². The summed E-state index contributed by atoms with van der Waals surface area (Å²) in [6, 6.07) is 0. The average Bonchev–Trinajstić information content (AvgIpc) is 2.15. The van der Waals surface area contributed by atoms with Crippen molar-refractivity contribution in [2.24, 2.45) is 5.73 Å². The quantitative estimate of drug-likeness (QED) is 0.554. The van der Waals surface area contributed by atoms with Crippen LogP contribution in [0.4, 0.5) is 0 Å². The second-order valence-electron chi connectivity index (χ2n) is 3.26. The normalized spacial score (nSPS) is 9.59. The molecule has 0 aromatic heterocycles. The molecule has 0 bridgehead atoms. The Morgan fingerprint density at radius 3 is 1.65 bits per heavy atom. The van der Waals surface area contributed by atoms with E-state index < -0.39 is 16.3 Å². The summed E-state index contributed by atoms with van der Waals surface area (Å²) in [5, 5.41) is 0. The molecule has 7 nitrogen and oxygen atoms in total. The van der Waals surface area contributed by atoms with E-state index in [1.54, 1.807) is 0 Å². The molecule has 0 saturated carbocycles. The van der Waals surface area contributed by atoms with E-state index in [1.807, 2.05) is 33.0 Å². The molecule has 0 unspecified atom stereocenters. The predicted molar refractivity (Wildman–Crippen MR) is 66.8 cm³/mol. The molecule has 0 atom stereocenters. The third kappa shape index (κ3) is 39.6. The Morgan fingerprint density at radius 1 is 1.41 bits per heavy atom. The van der Waals surface area contributed by atoms with E-state index in [4.69, 9.17) is 10.3 Å². The zero-order valence-electron chi connectivity index (χ0n) is 10.9. The third-order valence-corrected chi connectivity index (χ3v) is 1.41. The first-order chi connectivity index (χ1) is 7.47. The molecule has 104 valence electrons. The molecule has 0 aliphatic rings. The molecule has 3 N–H and O–H groups in total. The van der Waals surface area contributed by atoms with Crippen LogP contribution in [0.1, 0.15) is 13.3 Å². The molecule has 0 radical (unpaired) electrons. The van der Waals surface area contributed by atoms with Gasteiger partial charge in [-0.3, -0.25) is 13.5 Å². The summed E-state index contributed by atoms with van der Waals surface area (Å²) < 4.78 is 29.7. The summed E-state index contributed by atoms with van der Waals surface area (Å²) in [5.74, 6) is -0.400. The molecule has 0 spiro atoms. The largest absolute Gasteiger partial charge is 0.397 e. The Morgan fingerprint density at radius 2 is 1.65 bits per heavy atom. The van der Waals surface area contributed by atoms with E-state index in [1.165, 1.54) is 0 Å². The molecule has 0 aromatic carbocycles. The Balaban J connectivity index is -0.000000180. The Hall–Kier alpha value is -0.960. The maximum Gasteiger partial charge on any atom is 0.397 e. The van der Waals surface area contributed by atoms with Crippen LogP contribution >= 0.6 is 0 Å². The van der Waals surface area contributed by atoms with Crippen molar-refractivity contribution in [2.45, 2.75) is 13.3 Å². The van der Waals surface area contributed by atoms with E-state index in [-0.39, 0.29) is 0 Å². The maximum absolute atomic E-state index is 10.1. The lowest BCUT2D eigenvalue weighted by Crippen LogP contribution is -2.11. The van der Waals surface area contributed by atoms with E-state index in [0.717, 1.165) is 7.11 Å². The highest BCUT2D eigenvalue weighted by Gasteiger charge is 1.94. The van der Waals surface area contributed by atoms with Gasteiger partial charge >= 0.3 is 10.4 Å². The van der Waals surface area contributed by atoms with Gasteiger partial charge in [0.15, 0.2) is 0 Å². The highest BCUT2D eigenvalue weighted by molar-refractivity contribution is 7.80. The van der Waals surface area contributed by atoms with Crippen LogP contribution in [0, 0.1) is 0 Å². The summed E-state index contributed by atoms with van der Waals surface area (Å²) in [5.41, 5.74) is 5.29. The Bertz CT molecular complexity index is 309. The van der Waals surface area contributed by atoms with Crippen molar-refractivity contribution in [1.82, 2.24) is 4.90 Å². The Labute approximate surface area is 103 Å². The molecule has 0 heterocycles. The number of hydrogen-bond acceptors (Lipinski definition) is 5. The first kappa shape index (κ1) is 21.3. The Kier molecular flexibility index (Phi) is 14.5. The summed E-state index contributed by atoms with van der Waals surface area (Å²) in [6.45, 7) is 5.24. The number of nitrogens with zero attached hydrogens (tertiary/aromatic N) is 1. The SMILES string of the molecule is C=C(CC)C(N)=O.CN(C)C.COS(=O)(=O)O. The number of primary amides is 1. The molecular formula is C9H22N2O5S. The molecular weight excluding hydrogens is 248 g/mol. The number of rotatable bonds is 3. The lowest BCUT2D eigenvalue weighted by Gasteiger charge is -1.90. The van der Waals surface area contributed by atoms with Crippen LogP contribution in [0.5, 0.6) is 0 Å². The summed E-state index contributed by atoms with van der Waals surface area (Å²) in [6.07, 6.45) is 0.648. The van der Waals surface area contributed by atoms with Crippen LogP contribution in [0.3, 0.4) is 0 Å². The smallest absolute Gasteiger partial charge is 0.366 e. The first-order valence-corrected chi connectivity index (χ1v) is 5.95. The molecule has 0 rings (SSSR count). The number of carbonyl (C=O) groups excluding carboxylic acids is 1. The van der Waals surface area contributed by atoms with Crippen LogP contribution in [0.2, 0.25) is 0 Å². The van der Waals surface area contributed by atoms with Gasteiger partial charge < -0.3 is 10.6 Å². The maximum atomic E-state index is 10.1. The molecule has 1 amide bonds. The zero-order chi connectivity index (χ0) is 14.6. The fraction of sp³-hybridized carbons (Fsp3) is 0.667. The van der Waals surface area contributed by atoms with Crippen LogP contribution in [0.25, 0.3) is 0 Å². The third-order valence-electron chi connectivity index (χ3n) is 0.986. The fourth-order valence-electron chi connectivity index (χ4n) is 0.174. The predicted octanol–water partition coefficient (Wildman–Crippen LogP) is 0.0513. The van der Waals surface area contributed by atoms with Crippen molar-refractivity contribution in [1.29, 1.82) is 0 Å². The van der Waals surface area contributed by atoms with Crippen molar-refractivity contribution in [2.75, 3.05) is 28.3 Å². The average molecular weight is 270 g/mol. The molecule has 0 aliphatic carbocycles. The molecule has 8 heteroatoms. The van der Waals surface area contributed by atoms with Gasteiger partial charge in [-0.05, 0) is 27.6 Å². The van der Waals surface area contributed by atoms with Gasteiger partial charge in [-0.15, -0.1) is 0 Å². The van der Waals surface area contributed by atoms with E-state index in [2.05, 4.69) is 10.8 Å². The highest BCUT2D eigenvalue weighted by Crippen LogP contribution is 1.91. The summed E-state index contributed by atoms with van der Waals surface area (Å²) >= 11 is 0. The van der Waals surface area contributed by atoms with Gasteiger partial charge in [0.25, 0.3) is 0 Å². The summed E-state index contributed by atoms with van der Waals surface area (Å²) in [4.78, 5) is 12.1. The van der Waals surface area contributed by atoms with E-state index in [0.29, 0.717) is 12.0 Å². The molecule has 0 saturated heterocycles. The van der Waals surface area contributed by atoms with Gasteiger partial charge in [0, 0.05) is 5.57 Å². The van der Waals surface area contributed by atoms with Gasteiger partial charge in [0.1, 0.15) is 0 Å². The monoisotopic (exact) mass is 270 g/mol. The molecule has 0 aromatic rings.